The van der Waals surface area contributed by atoms with Crippen LogP contribution in [0, 0.1) is 5.92 Å². The number of rotatable bonds is 2. The highest BCUT2D eigenvalue weighted by Gasteiger charge is 2.18. The molecule has 2 nitrogen and oxygen atoms in total. The Balaban J connectivity index is 2.23. The second-order valence-electron chi connectivity index (χ2n) is 3.04. The van der Waals surface area contributed by atoms with Gasteiger partial charge in [0.15, 0.2) is 0 Å². The van der Waals surface area contributed by atoms with Crippen LogP contribution in [0.25, 0.3) is 0 Å². The van der Waals surface area contributed by atoms with Crippen molar-refractivity contribution in [2.45, 2.75) is 31.7 Å². The Morgan fingerprint density at radius 1 is 1.30 bits per heavy atom. The molecule has 0 aromatic heterocycles. The standard InChI is InChI=1S/C8H15NO/c1-9-8-4-2-7(6-10)3-5-8/h6-9H,2-5H2,1H3/t7-,8-. The Bertz CT molecular complexity index is 106. The molecule has 2 heteroatoms. The number of carbonyl (C=O) groups excluding carboxylic acids is 1. The molecule has 1 fully saturated rings. The first-order valence-electron chi connectivity index (χ1n) is 3.99. The molecule has 0 heterocycles. The zero-order chi connectivity index (χ0) is 7.40. The molecule has 0 spiro atoms. The van der Waals surface area contributed by atoms with Gasteiger partial charge in [0.05, 0.1) is 0 Å². The number of hydrogen-bond donors (Lipinski definition) is 1. The number of nitrogens with one attached hydrogen (secondary N) is 1. The van der Waals surface area contributed by atoms with Crippen LogP contribution in [0.4, 0.5) is 0 Å². The van der Waals surface area contributed by atoms with Gasteiger partial charge in [-0.1, -0.05) is 0 Å². The molecule has 0 atom stereocenters. The zero-order valence-electron chi connectivity index (χ0n) is 6.47. The summed E-state index contributed by atoms with van der Waals surface area (Å²) < 4.78 is 0. The minimum Gasteiger partial charge on any atom is -0.317 e. The van der Waals surface area contributed by atoms with Gasteiger partial charge < -0.3 is 10.1 Å². The van der Waals surface area contributed by atoms with E-state index in [2.05, 4.69) is 5.32 Å². The summed E-state index contributed by atoms with van der Waals surface area (Å²) in [5.41, 5.74) is 0. The van der Waals surface area contributed by atoms with Crippen LogP contribution in [-0.4, -0.2) is 19.4 Å². The molecule has 0 aromatic carbocycles. The number of carbonyl (C=O) groups is 1. The van der Waals surface area contributed by atoms with E-state index in [4.69, 9.17) is 0 Å². The lowest BCUT2D eigenvalue weighted by Gasteiger charge is -2.24. The first-order chi connectivity index (χ1) is 4.86. The maximum absolute atomic E-state index is 10.3. The second-order valence-corrected chi connectivity index (χ2v) is 3.04. The van der Waals surface area contributed by atoms with Gasteiger partial charge in [-0.2, -0.15) is 0 Å². The third-order valence-corrected chi connectivity index (χ3v) is 2.37. The monoisotopic (exact) mass is 141 g/mol. The molecular formula is C8H15NO. The minimum absolute atomic E-state index is 0.351. The van der Waals surface area contributed by atoms with Crippen molar-refractivity contribution in [2.24, 2.45) is 5.92 Å². The predicted octanol–water partition coefficient (Wildman–Crippen LogP) is 0.964. The first kappa shape index (κ1) is 7.73. The highest BCUT2D eigenvalue weighted by atomic mass is 16.1. The molecular weight excluding hydrogens is 126 g/mol. The van der Waals surface area contributed by atoms with Crippen molar-refractivity contribution in [3.8, 4) is 0 Å². The molecule has 1 saturated carbocycles. The van der Waals surface area contributed by atoms with Crippen molar-refractivity contribution >= 4 is 6.29 Å². The average molecular weight is 141 g/mol. The fraction of sp³-hybridized carbons (Fsp3) is 0.875. The molecule has 1 aliphatic carbocycles. The molecule has 1 aliphatic rings. The Morgan fingerprint density at radius 3 is 2.30 bits per heavy atom. The van der Waals surface area contributed by atoms with E-state index in [1.165, 1.54) is 12.8 Å². The van der Waals surface area contributed by atoms with Crippen molar-refractivity contribution in [1.82, 2.24) is 5.32 Å². The molecule has 58 valence electrons. The van der Waals surface area contributed by atoms with Crippen LogP contribution in [-0.2, 0) is 4.79 Å². The van der Waals surface area contributed by atoms with Crippen molar-refractivity contribution < 1.29 is 4.79 Å². The predicted molar refractivity (Wildman–Crippen MR) is 40.9 cm³/mol. The van der Waals surface area contributed by atoms with Gasteiger partial charge in [0.1, 0.15) is 6.29 Å². The lowest BCUT2D eigenvalue weighted by molar-refractivity contribution is -0.111. The Morgan fingerprint density at radius 2 is 1.90 bits per heavy atom. The summed E-state index contributed by atoms with van der Waals surface area (Å²) in [6, 6.07) is 0.663. The van der Waals surface area contributed by atoms with Crippen molar-refractivity contribution in [2.75, 3.05) is 7.05 Å². The van der Waals surface area contributed by atoms with E-state index >= 15 is 0 Å². The third-order valence-electron chi connectivity index (χ3n) is 2.37. The van der Waals surface area contributed by atoms with E-state index in [-0.39, 0.29) is 0 Å². The fourth-order valence-electron chi connectivity index (χ4n) is 1.54. The van der Waals surface area contributed by atoms with Crippen LogP contribution in [0.5, 0.6) is 0 Å². The van der Waals surface area contributed by atoms with E-state index in [0.717, 1.165) is 19.1 Å². The average Bonchev–Trinajstić information content (AvgIpc) is 2.05. The number of aldehydes is 1. The van der Waals surface area contributed by atoms with E-state index in [1.54, 1.807) is 0 Å². The van der Waals surface area contributed by atoms with Crippen molar-refractivity contribution in [3.63, 3.8) is 0 Å². The summed E-state index contributed by atoms with van der Waals surface area (Å²) in [6.07, 6.45) is 5.59. The quantitative estimate of drug-likeness (QED) is 0.580. The SMILES string of the molecule is CN[C@H]1CC[C@H](C=O)CC1. The molecule has 0 bridgehead atoms. The maximum Gasteiger partial charge on any atom is 0.123 e. The molecule has 0 amide bonds. The van der Waals surface area contributed by atoms with Crippen LogP contribution < -0.4 is 5.32 Å². The lowest BCUT2D eigenvalue weighted by atomic mass is 9.87. The van der Waals surface area contributed by atoms with Crippen LogP contribution in [0.2, 0.25) is 0 Å². The summed E-state index contributed by atoms with van der Waals surface area (Å²) in [6.45, 7) is 0. The Kier molecular flexibility index (Phi) is 2.87. The summed E-state index contributed by atoms with van der Waals surface area (Å²) >= 11 is 0. The molecule has 0 radical (unpaired) electrons. The second kappa shape index (κ2) is 3.71. The molecule has 1 N–H and O–H groups in total. The summed E-state index contributed by atoms with van der Waals surface area (Å²) in [5, 5.41) is 3.23. The van der Waals surface area contributed by atoms with Crippen LogP contribution in [0.15, 0.2) is 0 Å². The minimum atomic E-state index is 0.351. The van der Waals surface area contributed by atoms with Crippen LogP contribution >= 0.6 is 0 Å². The fourth-order valence-corrected chi connectivity index (χ4v) is 1.54. The first-order valence-corrected chi connectivity index (χ1v) is 3.99. The van der Waals surface area contributed by atoms with E-state index in [1.807, 2.05) is 7.05 Å². The van der Waals surface area contributed by atoms with Crippen LogP contribution in [0.3, 0.4) is 0 Å². The molecule has 0 unspecified atom stereocenters. The van der Waals surface area contributed by atoms with Gasteiger partial charge in [-0.15, -0.1) is 0 Å². The van der Waals surface area contributed by atoms with Gasteiger partial charge in [0, 0.05) is 12.0 Å². The summed E-state index contributed by atoms with van der Waals surface area (Å²) in [4.78, 5) is 10.3. The van der Waals surface area contributed by atoms with Gasteiger partial charge in [-0.3, -0.25) is 0 Å². The van der Waals surface area contributed by atoms with Gasteiger partial charge in [-0.25, -0.2) is 0 Å². The van der Waals surface area contributed by atoms with Crippen LogP contribution in [0.1, 0.15) is 25.7 Å². The topological polar surface area (TPSA) is 29.1 Å². The zero-order valence-corrected chi connectivity index (χ0v) is 6.47. The normalized spacial score (nSPS) is 33.7. The third kappa shape index (κ3) is 1.81. The molecule has 0 saturated heterocycles. The van der Waals surface area contributed by atoms with Gasteiger partial charge >= 0.3 is 0 Å². The smallest absolute Gasteiger partial charge is 0.123 e. The van der Waals surface area contributed by atoms with E-state index < -0.39 is 0 Å². The largest absolute Gasteiger partial charge is 0.317 e. The highest BCUT2D eigenvalue weighted by Crippen LogP contribution is 2.21. The summed E-state index contributed by atoms with van der Waals surface area (Å²) in [7, 11) is 1.99. The molecule has 0 aromatic rings. The van der Waals surface area contributed by atoms with Crippen molar-refractivity contribution in [1.29, 1.82) is 0 Å². The summed E-state index contributed by atoms with van der Waals surface area (Å²) in [5.74, 6) is 0.351. The molecule has 1 rings (SSSR count). The Labute approximate surface area is 62.0 Å². The van der Waals surface area contributed by atoms with Gasteiger partial charge in [0.25, 0.3) is 0 Å². The molecule has 0 aliphatic heterocycles. The van der Waals surface area contributed by atoms with E-state index in [0.29, 0.717) is 12.0 Å². The highest BCUT2D eigenvalue weighted by molar-refractivity contribution is 5.53. The maximum atomic E-state index is 10.3. The van der Waals surface area contributed by atoms with Gasteiger partial charge in [0.2, 0.25) is 0 Å². The van der Waals surface area contributed by atoms with Gasteiger partial charge in [-0.05, 0) is 32.7 Å². The molecule has 10 heavy (non-hydrogen) atoms. The lowest BCUT2D eigenvalue weighted by Crippen LogP contribution is -2.30. The van der Waals surface area contributed by atoms with Crippen molar-refractivity contribution in [3.05, 3.63) is 0 Å². The van der Waals surface area contributed by atoms with E-state index in [9.17, 15) is 4.79 Å². The number of hydrogen-bond acceptors (Lipinski definition) is 2. The Hall–Kier alpha value is -0.370.